The van der Waals surface area contributed by atoms with Crippen molar-refractivity contribution in [2.24, 2.45) is 5.92 Å². The molecule has 0 amide bonds. The number of hydrogen-bond donors (Lipinski definition) is 0. The van der Waals surface area contributed by atoms with Gasteiger partial charge in [-0.1, -0.05) is 11.6 Å². The standard InChI is InChI=1S/C11H8ClF3O/c12-7-3-4-9(11(13,14)15)8(5-7)10(16)6-1-2-6/h3-6H,1-2H2. The number of carbonyl (C=O) groups excluding carboxylic acids is 1. The Bertz CT molecular complexity index is 435. The fourth-order valence-corrected chi connectivity index (χ4v) is 1.71. The van der Waals surface area contributed by atoms with E-state index in [4.69, 9.17) is 11.6 Å². The van der Waals surface area contributed by atoms with E-state index in [1.54, 1.807) is 0 Å². The molecule has 0 radical (unpaired) electrons. The lowest BCUT2D eigenvalue weighted by molar-refractivity contribution is -0.137. The lowest BCUT2D eigenvalue weighted by Crippen LogP contribution is -2.14. The second-order valence-corrected chi connectivity index (χ2v) is 4.26. The fraction of sp³-hybridized carbons (Fsp3) is 0.364. The van der Waals surface area contributed by atoms with Crippen LogP contribution in [0.25, 0.3) is 0 Å². The molecule has 2 rings (SSSR count). The van der Waals surface area contributed by atoms with Crippen LogP contribution < -0.4 is 0 Å². The van der Waals surface area contributed by atoms with Gasteiger partial charge in [-0.25, -0.2) is 0 Å². The third-order valence-electron chi connectivity index (χ3n) is 2.50. The highest BCUT2D eigenvalue weighted by molar-refractivity contribution is 6.31. The van der Waals surface area contributed by atoms with Crippen molar-refractivity contribution in [3.05, 3.63) is 34.3 Å². The van der Waals surface area contributed by atoms with Crippen molar-refractivity contribution in [2.45, 2.75) is 19.0 Å². The summed E-state index contributed by atoms with van der Waals surface area (Å²) in [7, 11) is 0. The molecule has 0 bridgehead atoms. The number of alkyl halides is 3. The number of rotatable bonds is 2. The van der Waals surface area contributed by atoms with Crippen molar-refractivity contribution in [1.29, 1.82) is 0 Å². The van der Waals surface area contributed by atoms with Gasteiger partial charge in [-0.2, -0.15) is 13.2 Å². The molecular weight excluding hydrogens is 241 g/mol. The van der Waals surface area contributed by atoms with Crippen LogP contribution in [0.3, 0.4) is 0 Å². The monoisotopic (exact) mass is 248 g/mol. The first kappa shape index (κ1) is 11.5. The molecule has 5 heteroatoms. The molecule has 0 atom stereocenters. The first-order valence-electron chi connectivity index (χ1n) is 4.80. The molecule has 1 aliphatic rings. The van der Waals surface area contributed by atoms with Gasteiger partial charge in [0, 0.05) is 16.5 Å². The normalized spacial score (nSPS) is 16.2. The number of hydrogen-bond acceptors (Lipinski definition) is 1. The lowest BCUT2D eigenvalue weighted by atomic mass is 10.0. The Labute approximate surface area is 95.2 Å². The van der Waals surface area contributed by atoms with E-state index in [0.717, 1.165) is 18.2 Å². The zero-order valence-electron chi connectivity index (χ0n) is 8.14. The van der Waals surface area contributed by atoms with E-state index in [1.807, 2.05) is 0 Å². The van der Waals surface area contributed by atoms with Crippen molar-refractivity contribution in [2.75, 3.05) is 0 Å². The van der Waals surface area contributed by atoms with Crippen LogP contribution in [-0.2, 0) is 6.18 Å². The minimum atomic E-state index is -4.51. The van der Waals surface area contributed by atoms with Crippen LogP contribution in [0.4, 0.5) is 13.2 Å². The maximum atomic E-state index is 12.6. The quantitative estimate of drug-likeness (QED) is 0.724. The van der Waals surface area contributed by atoms with Gasteiger partial charge in [0.15, 0.2) is 5.78 Å². The van der Waals surface area contributed by atoms with Crippen molar-refractivity contribution >= 4 is 17.4 Å². The Morgan fingerprint density at radius 2 is 1.94 bits per heavy atom. The molecule has 1 nitrogen and oxygen atoms in total. The van der Waals surface area contributed by atoms with Crippen molar-refractivity contribution in [3.63, 3.8) is 0 Å². The van der Waals surface area contributed by atoms with Gasteiger partial charge in [0.1, 0.15) is 0 Å². The number of carbonyl (C=O) groups is 1. The molecule has 0 aromatic heterocycles. The number of halogens is 4. The Balaban J connectivity index is 2.47. The number of Topliss-reactive ketones (excluding diaryl/α,β-unsaturated/α-hetero) is 1. The van der Waals surface area contributed by atoms with E-state index < -0.39 is 17.5 Å². The summed E-state index contributed by atoms with van der Waals surface area (Å²) in [5.74, 6) is -0.700. The Morgan fingerprint density at radius 3 is 2.44 bits per heavy atom. The van der Waals surface area contributed by atoms with Crippen molar-refractivity contribution < 1.29 is 18.0 Å². The molecule has 86 valence electrons. The van der Waals surface area contributed by atoms with Gasteiger partial charge >= 0.3 is 6.18 Å². The molecule has 1 saturated carbocycles. The first-order chi connectivity index (χ1) is 7.39. The van der Waals surface area contributed by atoms with Gasteiger partial charge in [-0.05, 0) is 31.0 Å². The second kappa shape index (κ2) is 3.77. The second-order valence-electron chi connectivity index (χ2n) is 3.83. The summed E-state index contributed by atoms with van der Waals surface area (Å²) in [5, 5.41) is 0.150. The van der Waals surface area contributed by atoms with Gasteiger partial charge in [0.2, 0.25) is 0 Å². The molecule has 0 saturated heterocycles. The average molecular weight is 249 g/mol. The average Bonchev–Trinajstić information content (AvgIpc) is 2.97. The zero-order valence-corrected chi connectivity index (χ0v) is 8.90. The van der Waals surface area contributed by atoms with Gasteiger partial charge in [0.05, 0.1) is 5.56 Å². The van der Waals surface area contributed by atoms with E-state index in [9.17, 15) is 18.0 Å². The molecule has 0 aliphatic heterocycles. The Kier molecular flexibility index (Phi) is 2.70. The van der Waals surface area contributed by atoms with E-state index in [2.05, 4.69) is 0 Å². The summed E-state index contributed by atoms with van der Waals surface area (Å²) in [6, 6.07) is 3.11. The maximum Gasteiger partial charge on any atom is 0.417 e. The van der Waals surface area contributed by atoms with Crippen molar-refractivity contribution in [3.8, 4) is 0 Å². The van der Waals surface area contributed by atoms with Crippen LogP contribution in [0.15, 0.2) is 18.2 Å². The van der Waals surface area contributed by atoms with Crippen LogP contribution >= 0.6 is 11.6 Å². The summed E-state index contributed by atoms with van der Waals surface area (Å²) >= 11 is 5.62. The molecular formula is C11H8ClF3O. The van der Waals surface area contributed by atoms with Gasteiger partial charge in [0.25, 0.3) is 0 Å². The summed E-state index contributed by atoms with van der Waals surface area (Å²) in [5.41, 5.74) is -1.20. The molecule has 1 aromatic rings. The predicted octanol–water partition coefficient (Wildman–Crippen LogP) is 3.95. The zero-order chi connectivity index (χ0) is 11.9. The molecule has 0 heterocycles. The predicted molar refractivity (Wildman–Crippen MR) is 53.5 cm³/mol. The third kappa shape index (κ3) is 2.21. The van der Waals surface area contributed by atoms with E-state index in [0.29, 0.717) is 12.8 Å². The SMILES string of the molecule is O=C(c1cc(Cl)ccc1C(F)(F)F)C1CC1. The van der Waals surface area contributed by atoms with Crippen LogP contribution in [0.2, 0.25) is 5.02 Å². The van der Waals surface area contributed by atoms with Gasteiger partial charge in [-0.15, -0.1) is 0 Å². The molecule has 16 heavy (non-hydrogen) atoms. The van der Waals surface area contributed by atoms with Crippen LogP contribution in [0.5, 0.6) is 0 Å². The number of ketones is 1. The summed E-state index contributed by atoms with van der Waals surface area (Å²) in [6.45, 7) is 0. The highest BCUT2D eigenvalue weighted by Gasteiger charge is 2.39. The largest absolute Gasteiger partial charge is 0.417 e. The van der Waals surface area contributed by atoms with Crippen LogP contribution in [0.1, 0.15) is 28.8 Å². The minimum absolute atomic E-state index is 0.150. The highest BCUT2D eigenvalue weighted by Crippen LogP contribution is 2.38. The fourth-order valence-electron chi connectivity index (χ4n) is 1.53. The van der Waals surface area contributed by atoms with Crippen LogP contribution in [0, 0.1) is 5.92 Å². The minimum Gasteiger partial charge on any atom is -0.294 e. The molecule has 0 unspecified atom stereocenters. The molecule has 1 fully saturated rings. The van der Waals surface area contributed by atoms with E-state index in [1.165, 1.54) is 0 Å². The van der Waals surface area contributed by atoms with Crippen LogP contribution in [-0.4, -0.2) is 5.78 Å². The summed E-state index contributed by atoms with van der Waals surface area (Å²) < 4.78 is 37.9. The molecule has 1 aromatic carbocycles. The number of benzene rings is 1. The van der Waals surface area contributed by atoms with Gasteiger partial charge < -0.3 is 0 Å². The molecule has 0 spiro atoms. The van der Waals surface area contributed by atoms with Gasteiger partial charge in [-0.3, -0.25) is 4.79 Å². The summed E-state index contributed by atoms with van der Waals surface area (Å²) in [4.78, 5) is 11.7. The Hall–Kier alpha value is -1.03. The molecule has 0 N–H and O–H groups in total. The maximum absolute atomic E-state index is 12.6. The molecule has 1 aliphatic carbocycles. The third-order valence-corrected chi connectivity index (χ3v) is 2.74. The topological polar surface area (TPSA) is 17.1 Å². The Morgan fingerprint density at radius 1 is 1.31 bits per heavy atom. The van der Waals surface area contributed by atoms with E-state index >= 15 is 0 Å². The van der Waals surface area contributed by atoms with E-state index in [-0.39, 0.29) is 16.5 Å². The first-order valence-corrected chi connectivity index (χ1v) is 5.18. The van der Waals surface area contributed by atoms with Crippen molar-refractivity contribution in [1.82, 2.24) is 0 Å². The summed E-state index contributed by atoms with van der Waals surface area (Å²) in [6.07, 6.45) is -3.17. The lowest BCUT2D eigenvalue weighted by Gasteiger charge is -2.11. The highest BCUT2D eigenvalue weighted by atomic mass is 35.5. The smallest absolute Gasteiger partial charge is 0.294 e.